The number of ether oxygens (including phenoxy) is 3. The van der Waals surface area contributed by atoms with Crippen LogP contribution in [0.15, 0.2) is 30.0 Å². The van der Waals surface area contributed by atoms with Crippen molar-refractivity contribution in [3.05, 3.63) is 30.0 Å². The van der Waals surface area contributed by atoms with E-state index in [0.29, 0.717) is 43.5 Å². The Morgan fingerprint density at radius 3 is 2.48 bits per heavy atom. The molecule has 1 N–H and O–H groups in total. The molecule has 1 heterocycles. The van der Waals surface area contributed by atoms with Crippen LogP contribution in [-0.2, 0) is 9.53 Å². The lowest BCUT2D eigenvalue weighted by molar-refractivity contribution is -0.138. The number of morpholine rings is 1. The predicted molar refractivity (Wildman–Crippen MR) is 103 cm³/mol. The highest BCUT2D eigenvalue weighted by atomic mass is 16.5. The molecule has 2 atom stereocenters. The highest BCUT2D eigenvalue weighted by Gasteiger charge is 2.27. The van der Waals surface area contributed by atoms with Crippen LogP contribution in [0.3, 0.4) is 0 Å². The summed E-state index contributed by atoms with van der Waals surface area (Å²) >= 11 is 0. The first-order chi connectivity index (χ1) is 13.0. The number of hydrogen-bond donors (Lipinski definition) is 1. The minimum atomic E-state index is -0.303. The van der Waals surface area contributed by atoms with Gasteiger partial charge in [-0.3, -0.25) is 4.79 Å². The van der Waals surface area contributed by atoms with Crippen LogP contribution in [0.25, 0.3) is 0 Å². The molecule has 2 rings (SSSR count). The third-order valence-corrected chi connectivity index (χ3v) is 3.98. The first-order valence-electron chi connectivity index (χ1n) is 9.19. The van der Waals surface area contributed by atoms with Crippen molar-refractivity contribution >= 4 is 11.6 Å². The Kier molecular flexibility index (Phi) is 7.50. The van der Waals surface area contributed by atoms with Crippen molar-refractivity contribution in [2.24, 2.45) is 0 Å². The Morgan fingerprint density at radius 2 is 1.89 bits per heavy atom. The number of benzene rings is 1. The molecule has 1 saturated heterocycles. The molecule has 146 valence electrons. The SMILES string of the molecule is CCOc1ccc(N/C=C(/C#N)C(=O)N2CC(C)OC(C)C2)cc1OCC. The van der Waals surface area contributed by atoms with Gasteiger partial charge in [0.05, 0.1) is 25.4 Å². The van der Waals surface area contributed by atoms with Gasteiger partial charge in [-0.1, -0.05) is 0 Å². The first-order valence-corrected chi connectivity index (χ1v) is 9.19. The smallest absolute Gasteiger partial charge is 0.266 e. The maximum Gasteiger partial charge on any atom is 0.266 e. The first kappa shape index (κ1) is 20.6. The number of carbonyl (C=O) groups excluding carboxylic acids is 1. The summed E-state index contributed by atoms with van der Waals surface area (Å²) in [6, 6.07) is 7.37. The number of nitrogens with one attached hydrogen (secondary N) is 1. The molecule has 7 heteroatoms. The number of anilines is 1. The van der Waals surface area contributed by atoms with E-state index in [9.17, 15) is 10.1 Å². The average Bonchev–Trinajstić information content (AvgIpc) is 2.63. The molecule has 0 spiro atoms. The zero-order valence-electron chi connectivity index (χ0n) is 16.3. The van der Waals surface area contributed by atoms with Crippen molar-refractivity contribution in [2.75, 3.05) is 31.6 Å². The second-order valence-electron chi connectivity index (χ2n) is 6.31. The molecule has 1 aromatic rings. The van der Waals surface area contributed by atoms with E-state index >= 15 is 0 Å². The molecular formula is C20H27N3O4. The Morgan fingerprint density at radius 1 is 1.26 bits per heavy atom. The van der Waals surface area contributed by atoms with Crippen LogP contribution < -0.4 is 14.8 Å². The molecule has 7 nitrogen and oxygen atoms in total. The van der Waals surface area contributed by atoms with Gasteiger partial charge in [-0.05, 0) is 39.8 Å². The lowest BCUT2D eigenvalue weighted by Crippen LogP contribution is -2.48. The minimum absolute atomic E-state index is 0.0446. The van der Waals surface area contributed by atoms with Crippen LogP contribution in [-0.4, -0.2) is 49.3 Å². The normalized spacial score (nSPS) is 20.0. The van der Waals surface area contributed by atoms with Crippen LogP contribution in [0.5, 0.6) is 11.5 Å². The van der Waals surface area contributed by atoms with Gasteiger partial charge in [0.2, 0.25) is 0 Å². The fraction of sp³-hybridized carbons (Fsp3) is 0.500. The molecule has 1 aliphatic heterocycles. The Hall–Kier alpha value is -2.72. The van der Waals surface area contributed by atoms with E-state index in [0.717, 1.165) is 0 Å². The van der Waals surface area contributed by atoms with Crippen molar-refractivity contribution in [2.45, 2.75) is 39.9 Å². The maximum atomic E-state index is 12.6. The van der Waals surface area contributed by atoms with Crippen LogP contribution in [0, 0.1) is 11.3 Å². The molecule has 0 aliphatic carbocycles. The Bertz CT molecular complexity index is 716. The molecule has 1 amide bonds. The summed E-state index contributed by atoms with van der Waals surface area (Å²) in [5.41, 5.74) is 0.745. The van der Waals surface area contributed by atoms with E-state index in [1.165, 1.54) is 6.20 Å². The monoisotopic (exact) mass is 373 g/mol. The van der Waals surface area contributed by atoms with Crippen LogP contribution in [0.2, 0.25) is 0 Å². The fourth-order valence-electron chi connectivity index (χ4n) is 2.95. The summed E-state index contributed by atoms with van der Waals surface area (Å²) in [5, 5.41) is 12.4. The molecule has 0 radical (unpaired) electrons. The largest absolute Gasteiger partial charge is 0.490 e. The Labute approximate surface area is 160 Å². The zero-order valence-corrected chi connectivity index (χ0v) is 16.3. The van der Waals surface area contributed by atoms with Crippen molar-refractivity contribution in [1.82, 2.24) is 4.90 Å². The van der Waals surface area contributed by atoms with Gasteiger partial charge < -0.3 is 24.4 Å². The second kappa shape index (κ2) is 9.83. The maximum absolute atomic E-state index is 12.6. The van der Waals surface area contributed by atoms with Gasteiger partial charge in [-0.25, -0.2) is 0 Å². The zero-order chi connectivity index (χ0) is 19.8. The molecule has 0 aromatic heterocycles. The van der Waals surface area contributed by atoms with Gasteiger partial charge in [-0.15, -0.1) is 0 Å². The molecule has 1 aromatic carbocycles. The van der Waals surface area contributed by atoms with Gasteiger partial charge in [0.1, 0.15) is 11.6 Å². The predicted octanol–water partition coefficient (Wildman–Crippen LogP) is 2.94. The molecule has 2 unspecified atom stereocenters. The van der Waals surface area contributed by atoms with E-state index in [4.69, 9.17) is 14.2 Å². The van der Waals surface area contributed by atoms with Crippen molar-refractivity contribution in [3.8, 4) is 17.6 Å². The summed E-state index contributed by atoms with van der Waals surface area (Å²) in [7, 11) is 0. The van der Waals surface area contributed by atoms with Crippen molar-refractivity contribution in [1.29, 1.82) is 5.26 Å². The topological polar surface area (TPSA) is 83.8 Å². The summed E-state index contributed by atoms with van der Waals surface area (Å²) in [5.74, 6) is 0.961. The van der Waals surface area contributed by atoms with Crippen LogP contribution >= 0.6 is 0 Å². The number of nitriles is 1. The molecule has 1 fully saturated rings. The van der Waals surface area contributed by atoms with E-state index in [1.54, 1.807) is 17.0 Å². The van der Waals surface area contributed by atoms with E-state index in [1.807, 2.05) is 39.8 Å². The molecule has 1 aliphatic rings. The average molecular weight is 373 g/mol. The van der Waals surface area contributed by atoms with E-state index in [2.05, 4.69) is 5.32 Å². The molecule has 0 bridgehead atoms. The summed E-state index contributed by atoms with van der Waals surface area (Å²) in [6.07, 6.45) is 1.33. The Balaban J connectivity index is 2.13. The third kappa shape index (κ3) is 5.63. The lowest BCUT2D eigenvalue weighted by atomic mass is 10.2. The van der Waals surface area contributed by atoms with Crippen LogP contribution in [0.1, 0.15) is 27.7 Å². The van der Waals surface area contributed by atoms with Gasteiger partial charge in [-0.2, -0.15) is 5.26 Å². The quantitative estimate of drug-likeness (QED) is 0.584. The third-order valence-electron chi connectivity index (χ3n) is 3.98. The standard InChI is InChI=1S/C20H27N3O4/c1-5-25-18-8-7-17(9-19(18)26-6-2)22-11-16(10-21)20(24)23-12-14(3)27-15(4)13-23/h7-9,11,14-15,22H,5-6,12-13H2,1-4H3/b16-11-. The summed E-state index contributed by atoms with van der Waals surface area (Å²) in [4.78, 5) is 14.3. The molecular weight excluding hydrogens is 346 g/mol. The number of nitrogens with zero attached hydrogens (tertiary/aromatic N) is 2. The minimum Gasteiger partial charge on any atom is -0.490 e. The number of amides is 1. The highest BCUT2D eigenvalue weighted by molar-refractivity contribution is 5.97. The second-order valence-corrected chi connectivity index (χ2v) is 6.31. The van der Waals surface area contributed by atoms with E-state index in [-0.39, 0.29) is 23.7 Å². The van der Waals surface area contributed by atoms with Crippen molar-refractivity contribution < 1.29 is 19.0 Å². The van der Waals surface area contributed by atoms with E-state index < -0.39 is 0 Å². The summed E-state index contributed by atoms with van der Waals surface area (Å²) < 4.78 is 16.8. The number of carbonyl (C=O) groups is 1. The van der Waals surface area contributed by atoms with Gasteiger partial charge in [0.15, 0.2) is 11.5 Å². The molecule has 0 saturated carbocycles. The van der Waals surface area contributed by atoms with Gasteiger partial charge in [0.25, 0.3) is 5.91 Å². The lowest BCUT2D eigenvalue weighted by Gasteiger charge is -2.35. The fourth-order valence-corrected chi connectivity index (χ4v) is 2.95. The highest BCUT2D eigenvalue weighted by Crippen LogP contribution is 2.30. The molecule has 27 heavy (non-hydrogen) atoms. The van der Waals surface area contributed by atoms with Crippen molar-refractivity contribution in [3.63, 3.8) is 0 Å². The van der Waals surface area contributed by atoms with Gasteiger partial charge >= 0.3 is 0 Å². The number of rotatable bonds is 7. The summed E-state index contributed by atoms with van der Waals surface area (Å²) in [6.45, 7) is 9.62. The van der Waals surface area contributed by atoms with Gasteiger partial charge in [0, 0.05) is 31.0 Å². The van der Waals surface area contributed by atoms with Crippen LogP contribution in [0.4, 0.5) is 5.69 Å². The number of hydrogen-bond acceptors (Lipinski definition) is 6.